The van der Waals surface area contributed by atoms with Gasteiger partial charge >= 0.3 is 5.97 Å². The largest absolute Gasteiger partial charge is 0.483 e. The molecule has 2 heterocycles. The van der Waals surface area contributed by atoms with E-state index in [4.69, 9.17) is 31.3 Å². The number of carbonyl (C=O) groups is 3. The smallest absolute Gasteiger partial charge is 0.317 e. The Hall–Kier alpha value is -2.23. The van der Waals surface area contributed by atoms with Crippen LogP contribution in [0.4, 0.5) is 4.39 Å². The van der Waals surface area contributed by atoms with Crippen LogP contribution in [0.2, 0.25) is 5.02 Å². The number of hydrogen-bond donors (Lipinski definition) is 2. The first-order chi connectivity index (χ1) is 12.8. The molecule has 148 valence electrons. The van der Waals surface area contributed by atoms with Gasteiger partial charge in [0.1, 0.15) is 5.82 Å². The number of carboxylic acid groups (broad SMARTS) is 2. The number of amides is 1. The average Bonchev–Trinajstić information content (AvgIpc) is 2.84. The molecule has 1 aromatic carbocycles. The maximum Gasteiger partial charge on any atom is 0.317 e. The van der Waals surface area contributed by atoms with Crippen LogP contribution in [0.3, 0.4) is 0 Å². The number of rotatable bonds is 3. The van der Waals surface area contributed by atoms with Gasteiger partial charge in [0.05, 0.1) is 25.8 Å². The lowest BCUT2D eigenvalue weighted by Crippen LogP contribution is -2.47. The SMILES string of the molecule is O=C(O)CN1C[C@@H]2COC[C@H](C1)N(C(=O)c1cc(F)cc(Cl)c1)C2.O=CO. The summed E-state index contributed by atoms with van der Waals surface area (Å²) in [5.41, 5.74) is 0.192. The molecule has 2 N–H and O–H groups in total. The Morgan fingerprint density at radius 1 is 1.26 bits per heavy atom. The van der Waals surface area contributed by atoms with E-state index in [1.165, 1.54) is 12.1 Å². The highest BCUT2D eigenvalue weighted by Gasteiger charge is 2.36. The summed E-state index contributed by atoms with van der Waals surface area (Å²) in [6.07, 6.45) is 0. The van der Waals surface area contributed by atoms with Crippen molar-refractivity contribution in [1.29, 1.82) is 0 Å². The molecule has 2 aliphatic rings. The molecule has 1 amide bonds. The summed E-state index contributed by atoms with van der Waals surface area (Å²) in [5.74, 6) is -1.75. The molecular weight excluding hydrogens is 383 g/mol. The molecule has 2 bridgehead atoms. The molecule has 0 aliphatic carbocycles. The van der Waals surface area contributed by atoms with Crippen molar-refractivity contribution in [3.63, 3.8) is 0 Å². The van der Waals surface area contributed by atoms with Crippen LogP contribution in [-0.4, -0.2) is 83.8 Å². The molecule has 8 nitrogen and oxygen atoms in total. The molecule has 0 aromatic heterocycles. The summed E-state index contributed by atoms with van der Waals surface area (Å²) >= 11 is 5.85. The molecule has 2 atom stereocenters. The molecule has 0 saturated carbocycles. The van der Waals surface area contributed by atoms with Crippen LogP contribution in [-0.2, 0) is 14.3 Å². The van der Waals surface area contributed by atoms with E-state index in [0.717, 1.165) is 6.07 Å². The zero-order chi connectivity index (χ0) is 20.0. The van der Waals surface area contributed by atoms with E-state index in [2.05, 4.69) is 0 Å². The van der Waals surface area contributed by atoms with Gasteiger partial charge in [-0.3, -0.25) is 19.3 Å². The van der Waals surface area contributed by atoms with E-state index in [-0.39, 0.29) is 41.5 Å². The summed E-state index contributed by atoms with van der Waals surface area (Å²) in [6.45, 7) is 1.91. The highest BCUT2D eigenvalue weighted by atomic mass is 35.5. The zero-order valence-corrected chi connectivity index (χ0v) is 15.1. The second kappa shape index (κ2) is 9.63. The fourth-order valence-electron chi connectivity index (χ4n) is 3.35. The Morgan fingerprint density at radius 3 is 2.59 bits per heavy atom. The minimum atomic E-state index is -0.898. The topological polar surface area (TPSA) is 107 Å². The van der Waals surface area contributed by atoms with Crippen molar-refractivity contribution in [2.24, 2.45) is 5.92 Å². The first-order valence-corrected chi connectivity index (χ1v) is 8.58. The van der Waals surface area contributed by atoms with E-state index < -0.39 is 11.8 Å². The van der Waals surface area contributed by atoms with Crippen LogP contribution in [0, 0.1) is 11.7 Å². The fraction of sp³-hybridized carbons (Fsp3) is 0.471. The summed E-state index contributed by atoms with van der Waals surface area (Å²) in [4.78, 5) is 35.7. The van der Waals surface area contributed by atoms with Crippen LogP contribution >= 0.6 is 11.6 Å². The molecule has 27 heavy (non-hydrogen) atoms. The second-order valence-electron chi connectivity index (χ2n) is 6.37. The van der Waals surface area contributed by atoms with Gasteiger partial charge < -0.3 is 19.8 Å². The van der Waals surface area contributed by atoms with Crippen molar-refractivity contribution >= 4 is 29.9 Å². The number of benzene rings is 1. The number of ether oxygens (including phenoxy) is 1. The van der Waals surface area contributed by atoms with Crippen LogP contribution in [0.25, 0.3) is 0 Å². The van der Waals surface area contributed by atoms with Crippen molar-refractivity contribution in [3.05, 3.63) is 34.6 Å². The summed E-state index contributed by atoms with van der Waals surface area (Å²) in [6, 6.07) is 3.49. The van der Waals surface area contributed by atoms with E-state index >= 15 is 0 Å². The van der Waals surface area contributed by atoms with E-state index in [1.807, 2.05) is 4.90 Å². The van der Waals surface area contributed by atoms with Crippen molar-refractivity contribution in [3.8, 4) is 0 Å². The lowest BCUT2D eigenvalue weighted by molar-refractivity contribution is -0.138. The molecular formula is C17H20ClFN2O6. The number of halogens is 2. The fourth-order valence-corrected chi connectivity index (χ4v) is 3.57. The highest BCUT2D eigenvalue weighted by molar-refractivity contribution is 6.31. The quantitative estimate of drug-likeness (QED) is 0.727. The van der Waals surface area contributed by atoms with E-state index in [0.29, 0.717) is 32.8 Å². The molecule has 10 heteroatoms. The van der Waals surface area contributed by atoms with Gasteiger partial charge in [0.25, 0.3) is 12.4 Å². The second-order valence-corrected chi connectivity index (χ2v) is 6.80. The Balaban J connectivity index is 0.000000817. The molecule has 3 rings (SSSR count). The van der Waals surface area contributed by atoms with Gasteiger partial charge in [0, 0.05) is 36.1 Å². The molecule has 2 saturated heterocycles. The zero-order valence-electron chi connectivity index (χ0n) is 14.4. The minimum Gasteiger partial charge on any atom is -0.483 e. The Labute approximate surface area is 160 Å². The molecule has 0 radical (unpaired) electrons. The van der Waals surface area contributed by atoms with Gasteiger partial charge in [-0.2, -0.15) is 0 Å². The number of hydrogen-bond acceptors (Lipinski definition) is 5. The summed E-state index contributed by atoms with van der Waals surface area (Å²) in [5, 5.41) is 16.1. The van der Waals surface area contributed by atoms with E-state index in [1.54, 1.807) is 4.90 Å². The third-order valence-electron chi connectivity index (χ3n) is 4.27. The summed E-state index contributed by atoms with van der Waals surface area (Å²) in [7, 11) is 0. The Kier molecular flexibility index (Phi) is 7.52. The van der Waals surface area contributed by atoms with Gasteiger partial charge in [-0.1, -0.05) is 11.6 Å². The first kappa shape index (κ1) is 21.1. The van der Waals surface area contributed by atoms with Crippen LogP contribution in [0.5, 0.6) is 0 Å². The number of fused-ring (bicyclic) bond motifs is 3. The Morgan fingerprint density at radius 2 is 1.96 bits per heavy atom. The van der Waals surface area contributed by atoms with Gasteiger partial charge in [0.2, 0.25) is 0 Å². The van der Waals surface area contributed by atoms with Gasteiger partial charge in [-0.25, -0.2) is 4.39 Å². The standard InChI is InChI=1S/C16H18ClFN2O4.CH2O2/c17-12-1-11(2-13(18)3-12)16(23)20-5-10-4-19(7-15(21)22)6-14(20)9-24-8-10;2-1-3/h1-3,10,14H,4-9H2,(H,21,22);1H,(H,2,3)/t10-,14-;/m0./s1. The van der Waals surface area contributed by atoms with Gasteiger partial charge in [0.15, 0.2) is 0 Å². The molecule has 0 spiro atoms. The third-order valence-corrected chi connectivity index (χ3v) is 4.49. The van der Waals surface area contributed by atoms with Crippen LogP contribution in [0.1, 0.15) is 10.4 Å². The number of nitrogens with zero attached hydrogens (tertiary/aromatic N) is 2. The highest BCUT2D eigenvalue weighted by Crippen LogP contribution is 2.23. The van der Waals surface area contributed by atoms with Gasteiger partial charge in [-0.05, 0) is 18.2 Å². The van der Waals surface area contributed by atoms with Gasteiger partial charge in [-0.15, -0.1) is 0 Å². The normalized spacial score (nSPS) is 22.2. The number of carbonyl (C=O) groups excluding carboxylic acids is 1. The predicted octanol–water partition coefficient (Wildman–Crippen LogP) is 1.04. The van der Waals surface area contributed by atoms with Crippen molar-refractivity contribution in [2.45, 2.75) is 6.04 Å². The number of aliphatic carboxylic acids is 1. The van der Waals surface area contributed by atoms with Crippen molar-refractivity contribution in [2.75, 3.05) is 39.4 Å². The molecule has 0 unspecified atom stereocenters. The average molecular weight is 403 g/mol. The monoisotopic (exact) mass is 402 g/mol. The van der Waals surface area contributed by atoms with E-state index in [9.17, 15) is 14.0 Å². The third kappa shape index (κ3) is 5.88. The lowest BCUT2D eigenvalue weighted by Gasteiger charge is -2.30. The first-order valence-electron chi connectivity index (χ1n) is 8.20. The maximum atomic E-state index is 13.6. The van der Waals surface area contributed by atoms with Crippen LogP contribution in [0.15, 0.2) is 18.2 Å². The molecule has 2 aliphatic heterocycles. The minimum absolute atomic E-state index is 0.0184. The van der Waals surface area contributed by atoms with Crippen molar-refractivity contribution in [1.82, 2.24) is 9.80 Å². The Bertz CT molecular complexity index is 684. The molecule has 1 aromatic rings. The molecule has 2 fully saturated rings. The maximum absolute atomic E-state index is 13.6. The van der Waals surface area contributed by atoms with Crippen LogP contribution < -0.4 is 0 Å². The number of carboxylic acids is 1. The predicted molar refractivity (Wildman–Crippen MR) is 93.3 cm³/mol. The lowest BCUT2D eigenvalue weighted by atomic mass is 10.1. The summed E-state index contributed by atoms with van der Waals surface area (Å²) < 4.78 is 19.2. The van der Waals surface area contributed by atoms with Crippen molar-refractivity contribution < 1.29 is 33.7 Å².